The Kier molecular flexibility index (Phi) is 11.0. The third-order valence-corrected chi connectivity index (χ3v) is 10.9. The molecule has 0 bridgehead atoms. The van der Waals surface area contributed by atoms with E-state index in [2.05, 4.69) is 140 Å². The zero-order valence-electron chi connectivity index (χ0n) is 31.2. The molecule has 56 heavy (non-hydrogen) atoms. The first-order chi connectivity index (χ1) is 27.6. The maximum absolute atomic E-state index is 6.79. The summed E-state index contributed by atoms with van der Waals surface area (Å²) in [4.78, 5) is 9.82. The minimum Gasteiger partial charge on any atom is -0.383 e. The summed E-state index contributed by atoms with van der Waals surface area (Å²) in [6.07, 6.45) is 0. The molecule has 9 rings (SSSR count). The van der Waals surface area contributed by atoms with E-state index in [4.69, 9.17) is 15.7 Å². The van der Waals surface area contributed by atoms with Gasteiger partial charge in [0.05, 0.1) is 6.54 Å². The molecule has 0 fully saturated rings. The van der Waals surface area contributed by atoms with Gasteiger partial charge >= 0.3 is 0 Å². The lowest BCUT2D eigenvalue weighted by molar-refractivity contribution is 1.06. The van der Waals surface area contributed by atoms with Gasteiger partial charge in [-0.15, -0.1) is 11.3 Å². The van der Waals surface area contributed by atoms with Gasteiger partial charge in [0, 0.05) is 31.3 Å². The van der Waals surface area contributed by atoms with Crippen LogP contribution in [0.2, 0.25) is 0 Å². The van der Waals surface area contributed by atoms with Crippen molar-refractivity contribution in [3.05, 3.63) is 229 Å². The van der Waals surface area contributed by atoms with E-state index in [1.165, 1.54) is 53.6 Å². The van der Waals surface area contributed by atoms with E-state index in [1.54, 1.807) is 0 Å². The van der Waals surface area contributed by atoms with E-state index in [1.807, 2.05) is 84.1 Å². The number of aliphatic imine (C=N–C) groups is 2. The molecule has 1 heterocycles. The van der Waals surface area contributed by atoms with Gasteiger partial charge in [-0.25, -0.2) is 4.99 Å². The van der Waals surface area contributed by atoms with Crippen molar-refractivity contribution in [1.82, 2.24) is 0 Å². The van der Waals surface area contributed by atoms with Crippen molar-refractivity contribution < 1.29 is 0 Å². The number of rotatable bonds is 7. The standard InChI is InChI=1S/C45H33N3S.C7H8/c46-44(48-45(34-20-11-4-12-21-34)47-30-31-14-5-1-6-15-31)37-23-13-22-36(28-37)38-25-26-39(33-18-9-3-10-19-33)43-42(38)40-29-35(24-27-41(40)49-43)32-16-7-2-8-17-32;1-7-5-3-2-4-6-7/h1-29H,30H2,(H2,46,47,48);2-6H,1H3. The van der Waals surface area contributed by atoms with Crippen LogP contribution in [0.5, 0.6) is 0 Å². The predicted molar refractivity (Wildman–Crippen MR) is 241 cm³/mol. The van der Waals surface area contributed by atoms with Gasteiger partial charge in [0.2, 0.25) is 0 Å². The lowest BCUT2D eigenvalue weighted by Crippen LogP contribution is -2.16. The first-order valence-corrected chi connectivity index (χ1v) is 19.6. The van der Waals surface area contributed by atoms with Gasteiger partial charge in [0.15, 0.2) is 5.84 Å². The molecule has 0 aliphatic heterocycles. The number of nitrogens with zero attached hydrogens (tertiary/aromatic N) is 2. The number of benzene rings is 8. The molecule has 0 saturated heterocycles. The monoisotopic (exact) mass is 739 g/mol. The van der Waals surface area contributed by atoms with Crippen molar-refractivity contribution in [3.63, 3.8) is 0 Å². The third kappa shape index (κ3) is 8.27. The first kappa shape index (κ1) is 36.1. The SMILES string of the molecule is Cc1ccccc1.NC(=NC(=NCc1ccccc1)c1ccccc1)c1cccc(-c2ccc(-c3ccccc3)c3sc4ccc(-c5ccccc5)cc4c23)c1. The van der Waals surface area contributed by atoms with Gasteiger partial charge in [-0.1, -0.05) is 194 Å². The zero-order chi connectivity index (χ0) is 38.1. The summed E-state index contributed by atoms with van der Waals surface area (Å²) in [5.74, 6) is 1.04. The molecular formula is C52H41N3S. The van der Waals surface area contributed by atoms with Gasteiger partial charge in [0.1, 0.15) is 5.84 Å². The summed E-state index contributed by atoms with van der Waals surface area (Å²) in [5, 5.41) is 2.50. The summed E-state index contributed by atoms with van der Waals surface area (Å²) in [6.45, 7) is 2.60. The van der Waals surface area contributed by atoms with Crippen LogP contribution in [0.3, 0.4) is 0 Å². The Morgan fingerprint density at radius 3 is 1.73 bits per heavy atom. The van der Waals surface area contributed by atoms with E-state index in [-0.39, 0.29) is 0 Å². The molecule has 270 valence electrons. The maximum atomic E-state index is 6.79. The number of thiophene rings is 1. The Labute approximate surface area is 332 Å². The van der Waals surface area contributed by atoms with Crippen LogP contribution < -0.4 is 5.73 Å². The molecule has 0 spiro atoms. The molecule has 0 amide bonds. The third-order valence-electron chi connectivity index (χ3n) is 9.73. The molecule has 0 atom stereocenters. The molecule has 9 aromatic rings. The number of aryl methyl sites for hydroxylation is 1. The molecule has 0 aliphatic carbocycles. The van der Waals surface area contributed by atoms with Crippen molar-refractivity contribution in [2.75, 3.05) is 0 Å². The van der Waals surface area contributed by atoms with Crippen LogP contribution in [0.15, 0.2) is 216 Å². The Balaban J connectivity index is 0.000000570. The minimum atomic E-state index is 0.427. The summed E-state index contributed by atoms with van der Waals surface area (Å²) in [6, 6.07) is 71.5. The van der Waals surface area contributed by atoms with Gasteiger partial charge in [0.25, 0.3) is 0 Å². The number of hydrogen-bond acceptors (Lipinski definition) is 2. The summed E-state index contributed by atoms with van der Waals surface area (Å²) >= 11 is 1.85. The molecule has 0 saturated carbocycles. The Bertz CT molecular complexity index is 2760. The molecule has 3 nitrogen and oxygen atoms in total. The fourth-order valence-corrected chi connectivity index (χ4v) is 8.11. The summed E-state index contributed by atoms with van der Waals surface area (Å²) < 4.78 is 2.54. The normalized spacial score (nSPS) is 11.7. The number of fused-ring (bicyclic) bond motifs is 3. The van der Waals surface area contributed by atoms with Crippen LogP contribution in [-0.4, -0.2) is 11.7 Å². The lowest BCUT2D eigenvalue weighted by Gasteiger charge is -2.11. The summed E-state index contributed by atoms with van der Waals surface area (Å²) in [7, 11) is 0. The molecule has 4 heteroatoms. The fraction of sp³-hybridized carbons (Fsp3) is 0.0385. The molecule has 0 aliphatic rings. The smallest absolute Gasteiger partial charge is 0.157 e. The molecular weight excluding hydrogens is 699 g/mol. The van der Waals surface area contributed by atoms with Crippen LogP contribution in [0.1, 0.15) is 22.3 Å². The first-order valence-electron chi connectivity index (χ1n) is 18.8. The molecule has 0 radical (unpaired) electrons. The van der Waals surface area contributed by atoms with Crippen molar-refractivity contribution in [2.45, 2.75) is 13.5 Å². The van der Waals surface area contributed by atoms with E-state index in [0.29, 0.717) is 18.2 Å². The molecule has 0 unspecified atom stereocenters. The van der Waals surface area contributed by atoms with Crippen LogP contribution in [0, 0.1) is 6.92 Å². The summed E-state index contributed by atoms with van der Waals surface area (Å²) in [5.41, 5.74) is 18.1. The highest BCUT2D eigenvalue weighted by Gasteiger charge is 2.17. The highest BCUT2D eigenvalue weighted by molar-refractivity contribution is 7.26. The lowest BCUT2D eigenvalue weighted by atomic mass is 9.93. The van der Waals surface area contributed by atoms with E-state index in [9.17, 15) is 0 Å². The fourth-order valence-electron chi connectivity index (χ4n) is 6.86. The van der Waals surface area contributed by atoms with Crippen LogP contribution in [0.4, 0.5) is 0 Å². The second-order valence-corrected chi connectivity index (χ2v) is 14.7. The van der Waals surface area contributed by atoms with Crippen LogP contribution in [0.25, 0.3) is 53.6 Å². The van der Waals surface area contributed by atoms with Crippen molar-refractivity contribution in [1.29, 1.82) is 0 Å². The zero-order valence-corrected chi connectivity index (χ0v) is 32.0. The topological polar surface area (TPSA) is 50.7 Å². The van der Waals surface area contributed by atoms with E-state index >= 15 is 0 Å². The van der Waals surface area contributed by atoms with Crippen molar-refractivity contribution in [2.24, 2.45) is 15.7 Å². The van der Waals surface area contributed by atoms with Crippen molar-refractivity contribution in [3.8, 4) is 33.4 Å². The van der Waals surface area contributed by atoms with Crippen LogP contribution >= 0.6 is 11.3 Å². The largest absolute Gasteiger partial charge is 0.383 e. The highest BCUT2D eigenvalue weighted by Crippen LogP contribution is 2.45. The van der Waals surface area contributed by atoms with Crippen LogP contribution in [-0.2, 0) is 6.54 Å². The second kappa shape index (κ2) is 17.1. The Morgan fingerprint density at radius 1 is 0.500 bits per heavy atom. The van der Waals surface area contributed by atoms with Gasteiger partial charge < -0.3 is 5.73 Å². The second-order valence-electron chi connectivity index (χ2n) is 13.6. The average molecular weight is 740 g/mol. The van der Waals surface area contributed by atoms with Crippen molar-refractivity contribution >= 4 is 43.2 Å². The van der Waals surface area contributed by atoms with Gasteiger partial charge in [-0.3, -0.25) is 4.99 Å². The maximum Gasteiger partial charge on any atom is 0.157 e. The van der Waals surface area contributed by atoms with Gasteiger partial charge in [-0.05, 0) is 64.1 Å². The number of hydrogen-bond donors (Lipinski definition) is 1. The highest BCUT2D eigenvalue weighted by atomic mass is 32.1. The predicted octanol–water partition coefficient (Wildman–Crippen LogP) is 13.4. The molecule has 1 aromatic heterocycles. The minimum absolute atomic E-state index is 0.427. The Morgan fingerprint density at radius 2 is 1.07 bits per heavy atom. The van der Waals surface area contributed by atoms with Gasteiger partial charge in [-0.2, -0.15) is 0 Å². The quantitative estimate of drug-likeness (QED) is 0.128. The average Bonchev–Trinajstić information content (AvgIpc) is 3.66. The number of amidine groups is 2. The molecule has 2 N–H and O–H groups in total. The Hall–Kier alpha value is -6.88. The van der Waals surface area contributed by atoms with E-state index < -0.39 is 0 Å². The number of nitrogens with two attached hydrogens (primary N) is 1. The van der Waals surface area contributed by atoms with E-state index in [0.717, 1.165) is 22.3 Å². The molecule has 8 aromatic carbocycles.